The van der Waals surface area contributed by atoms with Gasteiger partial charge in [-0.25, -0.2) is 19.9 Å². The molecule has 19 rings (SSSR count). The number of benzene rings is 11. The summed E-state index contributed by atoms with van der Waals surface area (Å²) in [4.78, 5) is 136. The van der Waals surface area contributed by atoms with Crippen molar-refractivity contribution in [1.82, 2.24) is 64.5 Å². The number of anilines is 6. The molecule has 150 heavy (non-hydrogen) atoms. The zero-order valence-electron chi connectivity index (χ0n) is 77.3. The lowest BCUT2D eigenvalue weighted by atomic mass is 10.0. The summed E-state index contributed by atoms with van der Waals surface area (Å²) in [5.41, 5.74) is 9.16. The third kappa shape index (κ3) is 24.8. The van der Waals surface area contributed by atoms with E-state index in [0.717, 1.165) is 25.8 Å². The number of aliphatic imine (C=N–C) groups is 1. The third-order valence-electron chi connectivity index (χ3n) is 23.1. The number of aromatic hydroxyl groups is 1. The van der Waals surface area contributed by atoms with E-state index in [2.05, 4.69) is 70.8 Å². The van der Waals surface area contributed by atoms with Crippen LogP contribution in [0.15, 0.2) is 295 Å². The van der Waals surface area contributed by atoms with Crippen molar-refractivity contribution in [3.05, 3.63) is 379 Å². The number of fused-ring (bicyclic) bond motifs is 4. The van der Waals surface area contributed by atoms with E-state index in [4.69, 9.17) is 0 Å². The predicted molar refractivity (Wildman–Crippen MR) is 544 cm³/mol. The van der Waals surface area contributed by atoms with Crippen LogP contribution in [0.4, 0.5) is 34.9 Å². The minimum absolute atomic E-state index is 0. The Morgan fingerprint density at radius 1 is 0.293 bits per heavy atom. The second-order valence-corrected chi connectivity index (χ2v) is 41.4. The molecular formula is C101H89N17O26S6. The first-order chi connectivity index (χ1) is 70.2. The van der Waals surface area contributed by atoms with Crippen molar-refractivity contribution in [3.8, 4) is 17.1 Å². The summed E-state index contributed by atoms with van der Waals surface area (Å²) in [5.74, 6) is -1.33. The number of imide groups is 3. The summed E-state index contributed by atoms with van der Waals surface area (Å²) in [6.07, 6.45) is 0.277. The minimum Gasteiger partial charge on any atom is -0.494 e. The lowest BCUT2D eigenvalue weighted by Crippen LogP contribution is -2.29. The summed E-state index contributed by atoms with van der Waals surface area (Å²) in [5, 5.41) is 19.0. The van der Waals surface area contributed by atoms with Crippen LogP contribution >= 0.6 is 0 Å². The lowest BCUT2D eigenvalue weighted by molar-refractivity contribution is 0.0647. The van der Waals surface area contributed by atoms with Crippen LogP contribution in [0, 0.1) is 0 Å². The van der Waals surface area contributed by atoms with Gasteiger partial charge in [0, 0.05) is 75.1 Å². The van der Waals surface area contributed by atoms with Gasteiger partial charge in [0.2, 0.25) is 17.8 Å². The maximum atomic E-state index is 12.7. The smallest absolute Gasteiger partial charge is 0.296 e. The van der Waals surface area contributed by atoms with Crippen LogP contribution in [0.3, 0.4) is 0 Å². The molecule has 0 atom stereocenters. The Morgan fingerprint density at radius 2 is 0.587 bits per heavy atom. The molecular weight excluding hydrogens is 2060 g/mol. The average Bonchev–Trinajstić information content (AvgIpc) is 1.59. The quantitative estimate of drug-likeness (QED) is 0.0153. The van der Waals surface area contributed by atoms with Gasteiger partial charge in [0.25, 0.3) is 102 Å². The summed E-state index contributed by atoms with van der Waals surface area (Å²) in [6.45, 7) is 5.84. The highest BCUT2D eigenvalue weighted by molar-refractivity contribution is 7.87. The molecule has 0 saturated carbocycles. The first kappa shape index (κ1) is 109. The van der Waals surface area contributed by atoms with Crippen molar-refractivity contribution in [3.63, 3.8) is 0 Å². The Bertz CT molecular complexity index is 8510. The van der Waals surface area contributed by atoms with E-state index in [1.165, 1.54) is 133 Å². The number of carbonyl (C=O) groups is 7. The molecule has 0 radical (unpaired) electrons. The zero-order valence-corrected chi connectivity index (χ0v) is 82.2. The standard InChI is InChI=1S/3C27H23N5O8S2.C18H12N2O2.2CH4/c1-2-32-25(33)21-12-5-17(13-22(21)26(32)34)15-24-29-23(14-16-3-8-19(9-4-16)41(35,36)37)30-27(31-24)28-18-6-10-20(11-7-18)42(38,39)40;1-2-32-25(33)18-12-11-16(13-19(18)26(32)34)14-23-29-24(15-17-7-3-5-9-21(17)41(35,36)37)31-27(30-23)28-20-8-4-6-10-22(20)42(38,39)40;1-2-32-25(33)20-12-7-16(13-21(20)26(32)34)14-23-29-24(15-17-5-3-4-6-22(17)42(38,39)40)31-27(30-23)28-18-8-10-19(11-9-18)41(35,36)37;21-17-13-14(16(20-17)12-9-5-2-6-10-12)18(22)19-15(13)11-7-3-1-4-8-11;;/h3*3-13H,2,14-15H2,1H3,(H,35,36,37)(H,38,39,40)(H,28,29,30,31);1-10,19,22H;2*1H4. The van der Waals surface area contributed by atoms with Crippen LogP contribution < -0.4 is 16.0 Å². The summed E-state index contributed by atoms with van der Waals surface area (Å²) in [7, 11) is -26.8. The van der Waals surface area contributed by atoms with Crippen molar-refractivity contribution >= 4 is 143 Å². The molecule has 7 amide bonds. The molecule has 0 aliphatic carbocycles. The van der Waals surface area contributed by atoms with Crippen LogP contribution in [-0.4, -0.2) is 214 Å². The first-order valence-electron chi connectivity index (χ1n) is 44.3. The van der Waals surface area contributed by atoms with Gasteiger partial charge in [-0.1, -0.05) is 154 Å². The second-order valence-electron chi connectivity index (χ2n) is 33.0. The Morgan fingerprint density at radius 3 is 0.933 bits per heavy atom. The van der Waals surface area contributed by atoms with Gasteiger partial charge in [0.05, 0.1) is 86.1 Å². The molecule has 0 saturated heterocycles. The topological polar surface area (TPSA) is 656 Å². The number of nitrogens with zero attached hydrogens (tertiary/aromatic N) is 13. The Balaban J connectivity index is 0.000000160. The van der Waals surface area contributed by atoms with E-state index in [1.807, 2.05) is 60.7 Å². The van der Waals surface area contributed by atoms with Gasteiger partial charge >= 0.3 is 0 Å². The fourth-order valence-electron chi connectivity index (χ4n) is 16.3. The van der Waals surface area contributed by atoms with Crippen molar-refractivity contribution in [2.24, 2.45) is 4.99 Å². The maximum Gasteiger partial charge on any atom is 0.296 e. The van der Waals surface area contributed by atoms with Crippen molar-refractivity contribution in [2.75, 3.05) is 35.6 Å². The monoisotopic (exact) mass is 2150 g/mol. The molecule has 0 spiro atoms. The highest BCUT2D eigenvalue weighted by Gasteiger charge is 2.39. The Labute approximate surface area is 858 Å². The number of hydrogen-bond donors (Lipinski definition) is 11. The maximum absolute atomic E-state index is 12.7. The number of amides is 7. The molecule has 0 fully saturated rings. The van der Waals surface area contributed by atoms with E-state index in [-0.39, 0.29) is 208 Å². The molecule has 11 N–H and O–H groups in total. The minimum atomic E-state index is -4.61. The predicted octanol–water partition coefficient (Wildman–Crippen LogP) is 13.4. The molecule has 8 heterocycles. The molecule has 43 nitrogen and oxygen atoms in total. The third-order valence-corrected chi connectivity index (χ3v) is 28.5. The largest absolute Gasteiger partial charge is 0.494 e. The highest BCUT2D eigenvalue weighted by Crippen LogP contribution is 2.39. The number of para-hydroxylation sites is 1. The normalized spacial score (nSPS) is 13.1. The molecule has 0 bridgehead atoms. The molecule has 0 unspecified atom stereocenters. The fraction of sp³-hybridized carbons (Fsp3) is 0.139. The van der Waals surface area contributed by atoms with E-state index in [9.17, 15) is 116 Å². The van der Waals surface area contributed by atoms with Crippen LogP contribution in [-0.2, 0) is 99.2 Å². The molecule has 4 aliphatic rings. The van der Waals surface area contributed by atoms with Crippen LogP contribution in [0.2, 0.25) is 0 Å². The Kier molecular flexibility index (Phi) is 32.3. The second kappa shape index (κ2) is 44.4. The van der Waals surface area contributed by atoms with Gasteiger partial charge < -0.3 is 26.0 Å². The number of hydrogen-bond acceptors (Lipinski definition) is 32. The van der Waals surface area contributed by atoms with Gasteiger partial charge in [0.1, 0.15) is 39.8 Å². The Hall–Kier alpha value is -16.9. The SMILES string of the molecule is C.C.CCN1C(=O)c2ccc(Cc3nc(Cc4ccc(S(=O)(=O)O)cc4)nc(Nc4ccc(S(=O)(=O)O)cc4)n3)cc2C1=O.CCN1C(=O)c2ccc(Cc3nc(Cc4ccccc4S(=O)(=O)O)nc(Nc4ccc(S(=O)(=O)O)cc4)n3)cc2C1=O.CCN1C(=O)c2ccc(Cc3nc(Cc4ccccc4S(=O)(=O)O)nc(Nc4ccccc4S(=O)(=O)O)n3)cc2C1=O.O=C1N=C(c2ccccc2)c2c(O)[nH]c(-c3ccccc3)c21. The van der Waals surface area contributed by atoms with Gasteiger partial charge in [0.15, 0.2) is 5.88 Å². The number of aromatic nitrogens is 10. The summed E-state index contributed by atoms with van der Waals surface area (Å²) < 4.78 is 197. The highest BCUT2D eigenvalue weighted by atomic mass is 32.2. The number of aromatic amines is 1. The van der Waals surface area contributed by atoms with E-state index in [1.54, 1.807) is 87.5 Å². The lowest BCUT2D eigenvalue weighted by Gasteiger charge is -2.12. The molecule has 49 heteroatoms. The summed E-state index contributed by atoms with van der Waals surface area (Å²) >= 11 is 0. The van der Waals surface area contributed by atoms with Crippen LogP contribution in [0.25, 0.3) is 11.3 Å². The van der Waals surface area contributed by atoms with Gasteiger partial charge in [-0.3, -0.25) is 75.6 Å². The molecule has 770 valence electrons. The molecule has 4 aromatic heterocycles. The van der Waals surface area contributed by atoms with Crippen LogP contribution in [0.5, 0.6) is 5.88 Å². The summed E-state index contributed by atoms with van der Waals surface area (Å²) in [6, 6.07) is 66.5. The fourth-order valence-corrected chi connectivity index (χ4v) is 19.8. The van der Waals surface area contributed by atoms with E-state index in [0.29, 0.717) is 84.5 Å². The first-order valence-corrected chi connectivity index (χ1v) is 53.0. The number of carbonyl (C=O) groups excluding carboxylic acids is 7. The number of H-pyrrole nitrogens is 1. The van der Waals surface area contributed by atoms with Gasteiger partial charge in [-0.05, 0) is 181 Å². The number of nitrogens with one attached hydrogen (secondary N) is 4. The van der Waals surface area contributed by atoms with Crippen molar-refractivity contribution in [2.45, 2.75) is 104 Å². The molecule has 4 aliphatic heterocycles. The van der Waals surface area contributed by atoms with Crippen LogP contribution in [0.1, 0.15) is 188 Å². The average molecular weight is 2150 g/mol. The molecule has 15 aromatic rings. The van der Waals surface area contributed by atoms with Crippen molar-refractivity contribution < 1.29 is 116 Å². The van der Waals surface area contributed by atoms with Gasteiger partial charge in [-0.15, -0.1) is 0 Å². The van der Waals surface area contributed by atoms with E-state index < -0.39 is 77.4 Å². The number of rotatable bonds is 29. The molecule has 11 aromatic carbocycles. The van der Waals surface area contributed by atoms with Crippen molar-refractivity contribution in [1.29, 1.82) is 0 Å². The van der Waals surface area contributed by atoms with Gasteiger partial charge in [-0.2, -0.15) is 80.4 Å². The van der Waals surface area contributed by atoms with E-state index >= 15 is 0 Å². The zero-order chi connectivity index (χ0) is 106.